The number of nitrogens with one attached hydrogen (secondary N) is 2. The number of aromatic amines is 1. The molecule has 2 fully saturated rings. The smallest absolute Gasteiger partial charge is 0.280 e. The first-order chi connectivity index (χ1) is 11.5. The molecule has 2 N–H and O–H groups in total. The molecule has 0 saturated carbocycles. The van der Waals surface area contributed by atoms with E-state index >= 15 is 0 Å². The molecule has 3 atom stereocenters. The molecule has 24 heavy (non-hydrogen) atoms. The number of amides is 1. The summed E-state index contributed by atoms with van der Waals surface area (Å²) in [5, 5.41) is 0. The van der Waals surface area contributed by atoms with Crippen LogP contribution in [0.3, 0.4) is 0 Å². The van der Waals surface area contributed by atoms with E-state index in [1.807, 2.05) is 31.0 Å². The summed E-state index contributed by atoms with van der Waals surface area (Å²) >= 11 is 0. The Labute approximate surface area is 144 Å². The zero-order chi connectivity index (χ0) is 17.1. The second kappa shape index (κ2) is 7.49. The predicted octanol–water partition coefficient (Wildman–Crippen LogP) is -0.770. The molecule has 132 valence electrons. The maximum absolute atomic E-state index is 12.9. The Morgan fingerprint density at radius 3 is 2.50 bits per heavy atom. The third-order valence-electron chi connectivity index (χ3n) is 5.15. The van der Waals surface area contributed by atoms with Gasteiger partial charge in [-0.15, -0.1) is 0 Å². The van der Waals surface area contributed by atoms with Gasteiger partial charge in [-0.3, -0.25) is 9.69 Å². The monoisotopic (exact) mass is 334 g/mol. The van der Waals surface area contributed by atoms with Gasteiger partial charge >= 0.3 is 0 Å². The van der Waals surface area contributed by atoms with Crippen molar-refractivity contribution in [2.45, 2.75) is 39.0 Å². The van der Waals surface area contributed by atoms with E-state index in [1.165, 1.54) is 4.90 Å². The summed E-state index contributed by atoms with van der Waals surface area (Å²) in [5.74, 6) is 1.43. The topological polar surface area (TPSA) is 51.4 Å². The highest BCUT2D eigenvalue weighted by Gasteiger charge is 2.36. The highest BCUT2D eigenvalue weighted by Crippen LogP contribution is 2.11. The number of aromatic nitrogens is 1. The van der Waals surface area contributed by atoms with E-state index in [-0.39, 0.29) is 24.2 Å². The number of pyridine rings is 1. The lowest BCUT2D eigenvalue weighted by Gasteiger charge is -2.38. The van der Waals surface area contributed by atoms with E-state index in [0.29, 0.717) is 13.1 Å². The number of anilines is 1. The fraction of sp³-hybridized carbons (Fsp3) is 0.667. The molecule has 1 aromatic heterocycles. The maximum Gasteiger partial charge on any atom is 0.280 e. The molecule has 3 heterocycles. The van der Waals surface area contributed by atoms with Crippen LogP contribution in [0.25, 0.3) is 0 Å². The van der Waals surface area contributed by atoms with Gasteiger partial charge in [0.1, 0.15) is 26.2 Å². The molecule has 0 unspecified atom stereocenters. The van der Waals surface area contributed by atoms with Gasteiger partial charge in [0.25, 0.3) is 11.7 Å². The third-order valence-corrected chi connectivity index (χ3v) is 5.15. The van der Waals surface area contributed by atoms with Crippen molar-refractivity contribution in [3.8, 4) is 0 Å². The van der Waals surface area contributed by atoms with Gasteiger partial charge < -0.3 is 14.5 Å². The lowest BCUT2D eigenvalue weighted by Crippen LogP contribution is -3.19. The SMILES string of the molecule is C[C@H](C(=O)N1C[C@H](C)O[C@@H](C)C1)[NH+]1CCN(c2cccc[nH+]2)CC1. The Balaban J connectivity index is 1.55. The van der Waals surface area contributed by atoms with Crippen molar-refractivity contribution in [1.29, 1.82) is 0 Å². The van der Waals surface area contributed by atoms with Gasteiger partial charge in [-0.2, -0.15) is 0 Å². The van der Waals surface area contributed by atoms with Gasteiger partial charge in [0.15, 0.2) is 6.04 Å². The molecule has 0 bridgehead atoms. The van der Waals surface area contributed by atoms with E-state index in [9.17, 15) is 4.79 Å². The summed E-state index contributed by atoms with van der Waals surface area (Å²) < 4.78 is 5.74. The minimum Gasteiger partial charge on any atom is -0.372 e. The van der Waals surface area contributed by atoms with Gasteiger partial charge in [-0.05, 0) is 26.8 Å². The van der Waals surface area contributed by atoms with Crippen molar-refractivity contribution in [3.63, 3.8) is 0 Å². The minimum atomic E-state index is 0.0180. The van der Waals surface area contributed by atoms with Gasteiger partial charge in [-0.25, -0.2) is 4.98 Å². The number of ether oxygens (including phenoxy) is 1. The molecule has 2 aliphatic rings. The largest absolute Gasteiger partial charge is 0.372 e. The molecule has 2 aliphatic heterocycles. The Bertz CT molecular complexity index is 535. The van der Waals surface area contributed by atoms with Crippen LogP contribution < -0.4 is 14.8 Å². The Kier molecular flexibility index (Phi) is 5.36. The molecule has 0 aliphatic carbocycles. The van der Waals surface area contributed by atoms with Crippen LogP contribution in [0.5, 0.6) is 0 Å². The molecule has 1 aromatic rings. The number of quaternary nitrogens is 1. The van der Waals surface area contributed by atoms with E-state index < -0.39 is 0 Å². The number of carbonyl (C=O) groups is 1. The highest BCUT2D eigenvalue weighted by molar-refractivity contribution is 5.80. The van der Waals surface area contributed by atoms with Crippen molar-refractivity contribution < 1.29 is 19.4 Å². The maximum atomic E-state index is 12.9. The summed E-state index contributed by atoms with van der Waals surface area (Å²) in [6, 6.07) is 6.17. The number of hydrogen-bond donors (Lipinski definition) is 1. The summed E-state index contributed by atoms with van der Waals surface area (Å²) in [6.45, 7) is 11.5. The molecule has 1 amide bonds. The van der Waals surface area contributed by atoms with Gasteiger partial charge in [-0.1, -0.05) is 6.07 Å². The van der Waals surface area contributed by atoms with E-state index in [0.717, 1.165) is 32.0 Å². The van der Waals surface area contributed by atoms with Crippen LogP contribution >= 0.6 is 0 Å². The van der Waals surface area contributed by atoms with Crippen molar-refractivity contribution in [2.75, 3.05) is 44.2 Å². The van der Waals surface area contributed by atoms with Gasteiger partial charge in [0.05, 0.1) is 18.4 Å². The van der Waals surface area contributed by atoms with E-state index in [2.05, 4.69) is 28.9 Å². The zero-order valence-electron chi connectivity index (χ0n) is 15.0. The van der Waals surface area contributed by atoms with Gasteiger partial charge in [0.2, 0.25) is 0 Å². The number of piperazine rings is 1. The Morgan fingerprint density at radius 1 is 1.25 bits per heavy atom. The number of nitrogens with zero attached hydrogens (tertiary/aromatic N) is 2. The summed E-state index contributed by atoms with van der Waals surface area (Å²) in [6.07, 6.45) is 2.22. The lowest BCUT2D eigenvalue weighted by molar-refractivity contribution is -0.915. The molecule has 6 heteroatoms. The second-order valence-corrected chi connectivity index (χ2v) is 7.12. The van der Waals surface area contributed by atoms with Crippen molar-refractivity contribution in [2.24, 2.45) is 0 Å². The van der Waals surface area contributed by atoms with Crippen LogP contribution in [-0.4, -0.2) is 68.3 Å². The summed E-state index contributed by atoms with van der Waals surface area (Å²) in [4.78, 5) is 21.9. The van der Waals surface area contributed by atoms with Crippen LogP contribution in [0.15, 0.2) is 24.4 Å². The Morgan fingerprint density at radius 2 is 1.92 bits per heavy atom. The zero-order valence-corrected chi connectivity index (χ0v) is 15.0. The van der Waals surface area contributed by atoms with Crippen molar-refractivity contribution in [3.05, 3.63) is 24.4 Å². The molecule has 0 spiro atoms. The predicted molar refractivity (Wildman–Crippen MR) is 92.0 cm³/mol. The molecule has 6 nitrogen and oxygen atoms in total. The summed E-state index contributed by atoms with van der Waals surface area (Å²) in [5.41, 5.74) is 0. The number of rotatable bonds is 3. The number of carbonyl (C=O) groups excluding carboxylic acids is 1. The van der Waals surface area contributed by atoms with Crippen molar-refractivity contribution in [1.82, 2.24) is 4.90 Å². The van der Waals surface area contributed by atoms with Crippen LogP contribution in [0.4, 0.5) is 5.82 Å². The minimum absolute atomic E-state index is 0.0180. The van der Waals surface area contributed by atoms with E-state index in [4.69, 9.17) is 4.74 Å². The first-order valence-corrected chi connectivity index (χ1v) is 9.05. The molecule has 0 radical (unpaired) electrons. The first kappa shape index (κ1) is 17.2. The number of H-pyrrole nitrogens is 1. The fourth-order valence-electron chi connectivity index (χ4n) is 3.85. The number of morpholine rings is 1. The van der Waals surface area contributed by atoms with Crippen LogP contribution in [0.2, 0.25) is 0 Å². The van der Waals surface area contributed by atoms with Crippen LogP contribution in [-0.2, 0) is 9.53 Å². The summed E-state index contributed by atoms with van der Waals surface area (Å²) in [7, 11) is 0. The second-order valence-electron chi connectivity index (χ2n) is 7.12. The fourth-order valence-corrected chi connectivity index (χ4v) is 3.85. The van der Waals surface area contributed by atoms with Crippen LogP contribution in [0, 0.1) is 0 Å². The molecule has 2 saturated heterocycles. The molecular weight excluding hydrogens is 304 g/mol. The molecular formula is C18H30N4O2+2. The average molecular weight is 334 g/mol. The van der Waals surface area contributed by atoms with Crippen LogP contribution in [0.1, 0.15) is 20.8 Å². The lowest BCUT2D eigenvalue weighted by atomic mass is 10.1. The normalized spacial score (nSPS) is 27.1. The average Bonchev–Trinajstić information content (AvgIpc) is 2.60. The van der Waals surface area contributed by atoms with Gasteiger partial charge in [0, 0.05) is 19.2 Å². The highest BCUT2D eigenvalue weighted by atomic mass is 16.5. The van der Waals surface area contributed by atoms with Crippen molar-refractivity contribution >= 4 is 11.7 Å². The van der Waals surface area contributed by atoms with E-state index in [1.54, 1.807) is 0 Å². The quantitative estimate of drug-likeness (QED) is 0.790. The first-order valence-electron chi connectivity index (χ1n) is 9.05. The standard InChI is InChI=1S/C18H28N4O2/c1-14-12-22(13-15(2)24-14)18(23)16(3)20-8-10-21(11-9-20)17-6-4-5-7-19-17/h4-7,14-16H,8-13H2,1-3H3/p+2/t14-,15-,16+/m0/s1. The Hall–Kier alpha value is -1.66. The number of hydrogen-bond acceptors (Lipinski definition) is 3. The molecule has 0 aromatic carbocycles. The molecule has 3 rings (SSSR count). The third kappa shape index (κ3) is 3.87.